The van der Waals surface area contributed by atoms with Gasteiger partial charge in [0.15, 0.2) is 0 Å². The van der Waals surface area contributed by atoms with Gasteiger partial charge in [0.2, 0.25) is 5.95 Å². The smallest absolute Gasteiger partial charge is 0.281 e. The van der Waals surface area contributed by atoms with Crippen LogP contribution in [0.25, 0.3) is 0 Å². The lowest BCUT2D eigenvalue weighted by molar-refractivity contribution is 0.0944. The predicted octanol–water partition coefficient (Wildman–Crippen LogP) is 2.43. The van der Waals surface area contributed by atoms with E-state index in [1.165, 1.54) is 29.3 Å². The Balaban J connectivity index is 1.46. The van der Waals surface area contributed by atoms with Crippen LogP contribution in [0.1, 0.15) is 35.3 Å². The van der Waals surface area contributed by atoms with Gasteiger partial charge in [0.25, 0.3) is 5.91 Å². The fourth-order valence-electron chi connectivity index (χ4n) is 3.18. The van der Waals surface area contributed by atoms with Gasteiger partial charge >= 0.3 is 0 Å². The molecule has 3 aromatic heterocycles. The molecule has 8 heteroatoms. The van der Waals surface area contributed by atoms with Crippen molar-refractivity contribution in [2.45, 2.75) is 24.7 Å². The first kappa shape index (κ1) is 16.3. The summed E-state index contributed by atoms with van der Waals surface area (Å²) >= 11 is 0. The largest absolute Gasteiger partial charge is 0.353 e. The number of halogens is 1. The predicted molar refractivity (Wildman–Crippen MR) is 92.2 cm³/mol. The number of aromatic nitrogens is 5. The minimum Gasteiger partial charge on any atom is -0.353 e. The van der Waals surface area contributed by atoms with Crippen LogP contribution < -0.4 is 5.32 Å². The van der Waals surface area contributed by atoms with Gasteiger partial charge in [-0.15, -0.1) is 0 Å². The van der Waals surface area contributed by atoms with Crippen molar-refractivity contribution >= 4 is 11.9 Å². The minimum absolute atomic E-state index is 0.282. The standard InChI is InChI=1S/C18H17FN6O/c19-14-4-1-7-20-15(14)18(5-2-6-18)12-23-17-21-10-13(11-22-17)16(26)25-9-3-8-24-25/h1,3-4,7-11H,2,5-6,12H2,(H,21,22,23). The first-order valence-electron chi connectivity index (χ1n) is 8.39. The number of rotatable bonds is 5. The third kappa shape index (κ3) is 2.94. The topological polar surface area (TPSA) is 85.6 Å². The monoisotopic (exact) mass is 352 g/mol. The van der Waals surface area contributed by atoms with Gasteiger partial charge in [0.1, 0.15) is 5.82 Å². The first-order chi connectivity index (χ1) is 12.7. The number of carbonyl (C=O) groups excluding carboxylic acids is 1. The van der Waals surface area contributed by atoms with Crippen LogP contribution in [0.3, 0.4) is 0 Å². The summed E-state index contributed by atoms with van der Waals surface area (Å²) in [6.07, 6.45) is 10.4. The molecule has 3 aromatic rings. The van der Waals surface area contributed by atoms with E-state index in [1.54, 1.807) is 24.5 Å². The third-order valence-corrected chi connectivity index (χ3v) is 4.77. The average Bonchev–Trinajstić information content (AvgIpc) is 3.17. The van der Waals surface area contributed by atoms with Crippen molar-refractivity contribution in [1.29, 1.82) is 0 Å². The molecule has 4 rings (SSSR count). The summed E-state index contributed by atoms with van der Waals surface area (Å²) in [6.45, 7) is 0.493. The van der Waals surface area contributed by atoms with Gasteiger partial charge in [-0.3, -0.25) is 9.78 Å². The summed E-state index contributed by atoms with van der Waals surface area (Å²) < 4.78 is 15.4. The molecule has 0 bridgehead atoms. The second-order valence-corrected chi connectivity index (χ2v) is 6.37. The van der Waals surface area contributed by atoms with Gasteiger partial charge in [-0.05, 0) is 31.0 Å². The highest BCUT2D eigenvalue weighted by atomic mass is 19.1. The Morgan fingerprint density at radius 2 is 2.00 bits per heavy atom. The van der Waals surface area contributed by atoms with Crippen LogP contribution in [-0.4, -0.2) is 37.2 Å². The Morgan fingerprint density at radius 3 is 2.62 bits per heavy atom. The molecule has 0 amide bonds. The van der Waals surface area contributed by atoms with Gasteiger partial charge in [-0.1, -0.05) is 6.42 Å². The summed E-state index contributed by atoms with van der Waals surface area (Å²) in [4.78, 5) is 24.8. The van der Waals surface area contributed by atoms with E-state index < -0.39 is 0 Å². The van der Waals surface area contributed by atoms with Crippen LogP contribution in [0, 0.1) is 5.82 Å². The molecule has 3 heterocycles. The van der Waals surface area contributed by atoms with Crippen LogP contribution in [0.4, 0.5) is 10.3 Å². The maximum atomic E-state index is 14.1. The zero-order valence-electron chi connectivity index (χ0n) is 14.0. The maximum Gasteiger partial charge on any atom is 0.281 e. The average molecular weight is 352 g/mol. The van der Waals surface area contributed by atoms with Crippen LogP contribution in [0.2, 0.25) is 0 Å². The van der Waals surface area contributed by atoms with Crippen molar-refractivity contribution in [1.82, 2.24) is 24.7 Å². The van der Waals surface area contributed by atoms with Crippen molar-refractivity contribution in [3.63, 3.8) is 0 Å². The number of carbonyl (C=O) groups is 1. The number of hydrogen-bond acceptors (Lipinski definition) is 6. The van der Waals surface area contributed by atoms with E-state index in [9.17, 15) is 9.18 Å². The number of anilines is 1. The second-order valence-electron chi connectivity index (χ2n) is 6.37. The van der Waals surface area contributed by atoms with Crippen LogP contribution in [-0.2, 0) is 5.41 Å². The number of nitrogens with zero attached hydrogens (tertiary/aromatic N) is 5. The highest BCUT2D eigenvalue weighted by Gasteiger charge is 2.41. The first-order valence-corrected chi connectivity index (χ1v) is 8.39. The van der Waals surface area contributed by atoms with E-state index in [4.69, 9.17) is 0 Å². The van der Waals surface area contributed by atoms with Crippen molar-refractivity contribution in [2.24, 2.45) is 0 Å². The number of pyridine rings is 1. The van der Waals surface area contributed by atoms with Crippen molar-refractivity contribution < 1.29 is 9.18 Å². The zero-order valence-corrected chi connectivity index (χ0v) is 14.0. The zero-order chi connectivity index (χ0) is 18.0. The van der Waals surface area contributed by atoms with E-state index in [1.807, 2.05) is 0 Å². The highest BCUT2D eigenvalue weighted by Crippen LogP contribution is 2.43. The Bertz CT molecular complexity index is 906. The van der Waals surface area contributed by atoms with Gasteiger partial charge in [0.05, 0.1) is 11.3 Å². The second kappa shape index (κ2) is 6.62. The molecule has 0 saturated heterocycles. The molecular formula is C18H17FN6O. The molecule has 1 N–H and O–H groups in total. The summed E-state index contributed by atoms with van der Waals surface area (Å²) in [5, 5.41) is 7.05. The number of nitrogens with one attached hydrogen (secondary N) is 1. The minimum atomic E-state index is -0.335. The SMILES string of the molecule is O=C(c1cnc(NCC2(c3ncccc3F)CCC2)nc1)n1cccn1. The maximum absolute atomic E-state index is 14.1. The Kier molecular flexibility index (Phi) is 4.16. The summed E-state index contributed by atoms with van der Waals surface area (Å²) in [5.41, 5.74) is 0.496. The molecule has 0 spiro atoms. The highest BCUT2D eigenvalue weighted by molar-refractivity contribution is 5.94. The summed E-state index contributed by atoms with van der Waals surface area (Å²) in [6, 6.07) is 4.70. The van der Waals surface area contributed by atoms with Crippen molar-refractivity contribution in [2.75, 3.05) is 11.9 Å². The molecule has 1 aliphatic rings. The van der Waals surface area contributed by atoms with E-state index in [-0.39, 0.29) is 17.1 Å². The van der Waals surface area contributed by atoms with Crippen molar-refractivity contribution in [3.8, 4) is 0 Å². The van der Waals surface area contributed by atoms with E-state index in [2.05, 4.69) is 25.4 Å². The van der Waals surface area contributed by atoms with Gasteiger partial charge in [-0.2, -0.15) is 5.10 Å². The molecule has 0 atom stereocenters. The van der Waals surface area contributed by atoms with E-state index in [0.29, 0.717) is 23.8 Å². The fraction of sp³-hybridized carbons (Fsp3) is 0.278. The van der Waals surface area contributed by atoms with Gasteiger partial charge in [-0.25, -0.2) is 19.0 Å². The van der Waals surface area contributed by atoms with E-state index >= 15 is 0 Å². The molecule has 1 fully saturated rings. The molecule has 1 saturated carbocycles. The molecule has 1 aliphatic carbocycles. The Morgan fingerprint density at radius 1 is 1.19 bits per heavy atom. The quantitative estimate of drug-likeness (QED) is 0.759. The normalized spacial score (nSPS) is 15.3. The van der Waals surface area contributed by atoms with Gasteiger partial charge in [0, 0.05) is 42.9 Å². The lowest BCUT2D eigenvalue weighted by Crippen LogP contribution is -2.42. The van der Waals surface area contributed by atoms with Crippen LogP contribution in [0.15, 0.2) is 49.2 Å². The van der Waals surface area contributed by atoms with Crippen molar-refractivity contribution in [3.05, 3.63) is 66.3 Å². The molecule has 0 aromatic carbocycles. The summed E-state index contributed by atoms with van der Waals surface area (Å²) in [7, 11) is 0. The lowest BCUT2D eigenvalue weighted by Gasteiger charge is -2.41. The van der Waals surface area contributed by atoms with Crippen LogP contribution >= 0.6 is 0 Å². The third-order valence-electron chi connectivity index (χ3n) is 4.77. The molecule has 0 radical (unpaired) electrons. The lowest BCUT2D eigenvalue weighted by atomic mass is 9.66. The molecule has 7 nitrogen and oxygen atoms in total. The molecule has 0 unspecified atom stereocenters. The molecule has 0 aliphatic heterocycles. The Hall–Kier alpha value is -3.16. The molecule has 132 valence electrons. The summed E-state index contributed by atoms with van der Waals surface area (Å²) in [5.74, 6) is -0.188. The molecule has 26 heavy (non-hydrogen) atoms. The van der Waals surface area contributed by atoms with E-state index in [0.717, 1.165) is 19.3 Å². The fourth-order valence-corrected chi connectivity index (χ4v) is 3.18. The van der Waals surface area contributed by atoms with Crippen LogP contribution in [0.5, 0.6) is 0 Å². The number of hydrogen-bond donors (Lipinski definition) is 1. The van der Waals surface area contributed by atoms with Gasteiger partial charge < -0.3 is 5.32 Å². The Labute approximate surface area is 149 Å². The molecular weight excluding hydrogens is 335 g/mol.